The first kappa shape index (κ1) is 13.3. The summed E-state index contributed by atoms with van der Waals surface area (Å²) >= 11 is 7.61. The lowest BCUT2D eigenvalue weighted by Gasteiger charge is -2.19. The van der Waals surface area contributed by atoms with Gasteiger partial charge in [0, 0.05) is 31.2 Å². The third-order valence-electron chi connectivity index (χ3n) is 3.60. The number of nitrogens with one attached hydrogen (secondary N) is 1. The van der Waals surface area contributed by atoms with Gasteiger partial charge >= 0.3 is 0 Å². The molecule has 1 heterocycles. The number of thiophene rings is 1. The normalized spacial score (nSPS) is 19.2. The molecule has 1 aliphatic carbocycles. The van der Waals surface area contributed by atoms with E-state index in [4.69, 9.17) is 16.3 Å². The van der Waals surface area contributed by atoms with E-state index in [2.05, 4.69) is 18.3 Å². The molecule has 4 heteroatoms. The zero-order valence-electron chi connectivity index (χ0n) is 10.5. The summed E-state index contributed by atoms with van der Waals surface area (Å²) in [6, 6.07) is 4.48. The summed E-state index contributed by atoms with van der Waals surface area (Å²) < 4.78 is 6.04. The summed E-state index contributed by atoms with van der Waals surface area (Å²) in [4.78, 5) is 1.32. The molecule has 1 N–H and O–H groups in total. The van der Waals surface area contributed by atoms with Gasteiger partial charge < -0.3 is 10.1 Å². The molecule has 1 aromatic rings. The molecule has 0 radical (unpaired) electrons. The minimum Gasteiger partial charge on any atom is -0.385 e. The van der Waals surface area contributed by atoms with Crippen LogP contribution in [0.1, 0.15) is 37.1 Å². The van der Waals surface area contributed by atoms with Crippen molar-refractivity contribution in [1.29, 1.82) is 0 Å². The Kier molecular flexibility index (Phi) is 4.47. The van der Waals surface area contributed by atoms with E-state index in [1.54, 1.807) is 18.4 Å². The van der Waals surface area contributed by atoms with Gasteiger partial charge in [-0.3, -0.25) is 0 Å². The smallest absolute Gasteiger partial charge is 0.0931 e. The highest BCUT2D eigenvalue weighted by Gasteiger charge is 2.41. The molecule has 1 fully saturated rings. The fourth-order valence-corrected chi connectivity index (χ4v) is 3.13. The van der Waals surface area contributed by atoms with Gasteiger partial charge in [-0.1, -0.05) is 11.6 Å². The van der Waals surface area contributed by atoms with Gasteiger partial charge in [-0.15, -0.1) is 11.3 Å². The minimum absolute atomic E-state index is 0.396. The van der Waals surface area contributed by atoms with Gasteiger partial charge in [0.25, 0.3) is 0 Å². The zero-order valence-corrected chi connectivity index (χ0v) is 12.0. The zero-order chi connectivity index (χ0) is 12.3. The second kappa shape index (κ2) is 5.70. The van der Waals surface area contributed by atoms with E-state index in [-0.39, 0.29) is 0 Å². The van der Waals surface area contributed by atoms with Crippen molar-refractivity contribution in [2.75, 3.05) is 20.3 Å². The lowest BCUT2D eigenvalue weighted by Crippen LogP contribution is -2.27. The molecular formula is C13H20ClNOS. The van der Waals surface area contributed by atoms with E-state index in [0.29, 0.717) is 11.5 Å². The van der Waals surface area contributed by atoms with Gasteiger partial charge in [0.15, 0.2) is 0 Å². The molecule has 0 bridgehead atoms. The average molecular weight is 274 g/mol. The maximum absolute atomic E-state index is 5.95. The Hall–Kier alpha value is -0.0900. The van der Waals surface area contributed by atoms with Crippen molar-refractivity contribution in [2.24, 2.45) is 5.41 Å². The first-order valence-corrected chi connectivity index (χ1v) is 7.32. The summed E-state index contributed by atoms with van der Waals surface area (Å²) in [7, 11) is 1.78. The molecule has 0 aromatic carbocycles. The Morgan fingerprint density at radius 3 is 2.82 bits per heavy atom. The maximum atomic E-state index is 5.95. The van der Waals surface area contributed by atoms with Crippen LogP contribution < -0.4 is 5.32 Å². The van der Waals surface area contributed by atoms with Crippen molar-refractivity contribution in [2.45, 2.75) is 32.2 Å². The summed E-state index contributed by atoms with van der Waals surface area (Å²) in [5, 5.41) is 3.62. The predicted molar refractivity (Wildman–Crippen MR) is 73.9 cm³/mol. The molecule has 1 aliphatic rings. The fraction of sp³-hybridized carbons (Fsp3) is 0.692. The van der Waals surface area contributed by atoms with Crippen LogP contribution in [0.2, 0.25) is 4.34 Å². The van der Waals surface area contributed by atoms with Crippen LogP contribution in [0.25, 0.3) is 0 Å². The second-order valence-corrected chi connectivity index (χ2v) is 6.73. The Morgan fingerprint density at radius 1 is 1.53 bits per heavy atom. The molecule has 1 aromatic heterocycles. The standard InChI is InChI=1S/C13H20ClNOS/c1-10(11-3-4-12(14)17-11)15-9-13(5-6-13)7-8-16-2/h3-4,10,15H,5-9H2,1-2H3. The van der Waals surface area contributed by atoms with E-state index in [1.165, 1.54) is 24.1 Å². The Balaban J connectivity index is 1.78. The quantitative estimate of drug-likeness (QED) is 0.814. The monoisotopic (exact) mass is 273 g/mol. The topological polar surface area (TPSA) is 21.3 Å². The first-order chi connectivity index (χ1) is 8.15. The highest BCUT2D eigenvalue weighted by atomic mass is 35.5. The number of halogens is 1. The van der Waals surface area contributed by atoms with E-state index in [9.17, 15) is 0 Å². The molecule has 0 spiro atoms. The van der Waals surface area contributed by atoms with Crippen molar-refractivity contribution in [3.63, 3.8) is 0 Å². The third kappa shape index (κ3) is 3.68. The summed E-state index contributed by atoms with van der Waals surface area (Å²) in [6.07, 6.45) is 3.84. The molecule has 1 atom stereocenters. The Labute approximate surface area is 112 Å². The molecule has 2 rings (SSSR count). The van der Waals surface area contributed by atoms with Gasteiger partial charge in [0.05, 0.1) is 4.34 Å². The lowest BCUT2D eigenvalue weighted by molar-refractivity contribution is 0.170. The van der Waals surface area contributed by atoms with E-state index in [1.807, 2.05) is 6.07 Å². The van der Waals surface area contributed by atoms with Crippen molar-refractivity contribution in [1.82, 2.24) is 5.32 Å². The highest BCUT2D eigenvalue weighted by Crippen LogP contribution is 2.48. The largest absolute Gasteiger partial charge is 0.385 e. The molecule has 1 saturated carbocycles. The minimum atomic E-state index is 0.396. The van der Waals surface area contributed by atoms with Crippen LogP contribution >= 0.6 is 22.9 Å². The highest BCUT2D eigenvalue weighted by molar-refractivity contribution is 7.16. The van der Waals surface area contributed by atoms with Crippen molar-refractivity contribution in [3.05, 3.63) is 21.3 Å². The molecule has 0 amide bonds. The van der Waals surface area contributed by atoms with Gasteiger partial charge in [-0.05, 0) is 43.7 Å². The fourth-order valence-electron chi connectivity index (χ4n) is 2.04. The Bertz CT molecular complexity index is 362. The lowest BCUT2D eigenvalue weighted by atomic mass is 10.0. The van der Waals surface area contributed by atoms with Crippen molar-refractivity contribution >= 4 is 22.9 Å². The Morgan fingerprint density at radius 2 is 2.29 bits per heavy atom. The molecule has 0 aliphatic heterocycles. The number of hydrogen-bond donors (Lipinski definition) is 1. The second-order valence-electron chi connectivity index (χ2n) is 4.99. The van der Waals surface area contributed by atoms with E-state index >= 15 is 0 Å². The van der Waals surface area contributed by atoms with Crippen LogP contribution in [-0.2, 0) is 4.74 Å². The van der Waals surface area contributed by atoms with Crippen LogP contribution in [-0.4, -0.2) is 20.3 Å². The molecular weight excluding hydrogens is 254 g/mol. The van der Waals surface area contributed by atoms with Crippen molar-refractivity contribution < 1.29 is 4.74 Å². The molecule has 96 valence electrons. The number of hydrogen-bond acceptors (Lipinski definition) is 3. The molecule has 1 unspecified atom stereocenters. The van der Waals surface area contributed by atoms with Crippen molar-refractivity contribution in [3.8, 4) is 0 Å². The number of ether oxygens (including phenoxy) is 1. The van der Waals surface area contributed by atoms with Crippen LogP contribution in [0.4, 0.5) is 0 Å². The average Bonchev–Trinajstić information content (AvgIpc) is 2.97. The summed E-state index contributed by atoms with van der Waals surface area (Å²) in [6.45, 7) is 4.17. The third-order valence-corrected chi connectivity index (χ3v) is 5.01. The van der Waals surface area contributed by atoms with E-state index in [0.717, 1.165) is 17.5 Å². The summed E-state index contributed by atoms with van der Waals surface area (Å²) in [5.41, 5.74) is 0.505. The first-order valence-electron chi connectivity index (χ1n) is 6.13. The number of methoxy groups -OCH3 is 1. The maximum Gasteiger partial charge on any atom is 0.0931 e. The van der Waals surface area contributed by atoms with Gasteiger partial charge in [-0.2, -0.15) is 0 Å². The van der Waals surface area contributed by atoms with Gasteiger partial charge in [-0.25, -0.2) is 0 Å². The SMILES string of the molecule is COCCC1(CNC(C)c2ccc(Cl)s2)CC1. The predicted octanol–water partition coefficient (Wildman–Crippen LogP) is 3.87. The molecule has 2 nitrogen and oxygen atoms in total. The summed E-state index contributed by atoms with van der Waals surface area (Å²) in [5.74, 6) is 0. The molecule has 17 heavy (non-hydrogen) atoms. The van der Waals surface area contributed by atoms with Crippen LogP contribution in [0.15, 0.2) is 12.1 Å². The van der Waals surface area contributed by atoms with Crippen LogP contribution in [0, 0.1) is 5.41 Å². The van der Waals surface area contributed by atoms with Gasteiger partial charge in [0.2, 0.25) is 0 Å². The van der Waals surface area contributed by atoms with E-state index < -0.39 is 0 Å². The molecule has 0 saturated heterocycles. The number of rotatable bonds is 7. The van der Waals surface area contributed by atoms with Crippen LogP contribution in [0.3, 0.4) is 0 Å². The van der Waals surface area contributed by atoms with Gasteiger partial charge in [0.1, 0.15) is 0 Å². The van der Waals surface area contributed by atoms with Crippen LogP contribution in [0.5, 0.6) is 0 Å².